The SMILES string of the molecule is COc1ccc(CN(C(=S)Nc2cc(Cl)ccc2OC)C2CCCC2)c(OC)c1. The van der Waals surface area contributed by atoms with Crippen LogP contribution in [-0.4, -0.2) is 37.4 Å². The number of methoxy groups -OCH3 is 3. The van der Waals surface area contributed by atoms with E-state index in [1.165, 1.54) is 12.8 Å². The second-order valence-electron chi connectivity index (χ2n) is 7.02. The van der Waals surface area contributed by atoms with Crippen LogP contribution in [-0.2, 0) is 6.54 Å². The zero-order chi connectivity index (χ0) is 20.8. The molecule has 1 saturated carbocycles. The molecule has 1 aliphatic rings. The third kappa shape index (κ3) is 5.25. The van der Waals surface area contributed by atoms with Crippen molar-refractivity contribution in [2.24, 2.45) is 0 Å². The molecule has 3 rings (SSSR count). The first-order chi connectivity index (χ1) is 14.0. The van der Waals surface area contributed by atoms with Gasteiger partial charge in [0.1, 0.15) is 17.2 Å². The maximum Gasteiger partial charge on any atom is 0.174 e. The highest BCUT2D eigenvalue weighted by atomic mass is 35.5. The van der Waals surface area contributed by atoms with Gasteiger partial charge in [-0.3, -0.25) is 0 Å². The molecule has 0 radical (unpaired) electrons. The van der Waals surface area contributed by atoms with Crippen LogP contribution in [0, 0.1) is 0 Å². The number of hydrogen-bond acceptors (Lipinski definition) is 4. The number of ether oxygens (including phenoxy) is 3. The van der Waals surface area contributed by atoms with Gasteiger partial charge in [-0.2, -0.15) is 0 Å². The van der Waals surface area contributed by atoms with Crippen molar-refractivity contribution in [3.8, 4) is 17.2 Å². The average molecular weight is 435 g/mol. The van der Waals surface area contributed by atoms with E-state index in [1.54, 1.807) is 27.4 Å². The predicted octanol–water partition coefficient (Wildman–Crippen LogP) is 5.51. The monoisotopic (exact) mass is 434 g/mol. The Kier molecular flexibility index (Phi) is 7.45. The molecule has 1 aliphatic carbocycles. The van der Waals surface area contributed by atoms with Crippen LogP contribution in [0.5, 0.6) is 17.2 Å². The molecule has 7 heteroatoms. The van der Waals surface area contributed by atoms with Gasteiger partial charge in [-0.05, 0) is 55.4 Å². The highest BCUT2D eigenvalue weighted by molar-refractivity contribution is 7.80. The van der Waals surface area contributed by atoms with Gasteiger partial charge in [-0.15, -0.1) is 0 Å². The summed E-state index contributed by atoms with van der Waals surface area (Å²) in [7, 11) is 4.96. The van der Waals surface area contributed by atoms with Crippen molar-refractivity contribution >= 4 is 34.6 Å². The molecule has 29 heavy (non-hydrogen) atoms. The predicted molar refractivity (Wildman–Crippen MR) is 122 cm³/mol. The third-order valence-corrected chi connectivity index (χ3v) is 5.84. The zero-order valence-corrected chi connectivity index (χ0v) is 18.6. The lowest BCUT2D eigenvalue weighted by Gasteiger charge is -2.32. The Balaban J connectivity index is 1.86. The second kappa shape index (κ2) is 10.0. The fourth-order valence-corrected chi connectivity index (χ4v) is 4.21. The van der Waals surface area contributed by atoms with Gasteiger partial charge in [0.05, 0.1) is 27.0 Å². The molecule has 1 fully saturated rings. The van der Waals surface area contributed by atoms with Crippen molar-refractivity contribution in [1.29, 1.82) is 0 Å². The molecule has 0 unspecified atom stereocenters. The summed E-state index contributed by atoms with van der Waals surface area (Å²) in [5.41, 5.74) is 1.82. The van der Waals surface area contributed by atoms with Gasteiger partial charge < -0.3 is 24.4 Å². The lowest BCUT2D eigenvalue weighted by molar-refractivity contribution is 0.304. The first-order valence-corrected chi connectivity index (χ1v) is 10.5. The Morgan fingerprint density at radius 1 is 1.03 bits per heavy atom. The van der Waals surface area contributed by atoms with Crippen LogP contribution in [0.3, 0.4) is 0 Å². The van der Waals surface area contributed by atoms with E-state index in [0.29, 0.717) is 28.5 Å². The molecule has 1 N–H and O–H groups in total. The molecule has 2 aromatic carbocycles. The van der Waals surface area contributed by atoms with Gasteiger partial charge in [0, 0.05) is 29.2 Å². The number of thiocarbonyl (C=S) groups is 1. The number of nitrogens with zero attached hydrogens (tertiary/aromatic N) is 1. The first-order valence-electron chi connectivity index (χ1n) is 9.67. The van der Waals surface area contributed by atoms with Crippen molar-refractivity contribution in [2.75, 3.05) is 26.6 Å². The van der Waals surface area contributed by atoms with Crippen molar-refractivity contribution in [3.05, 3.63) is 47.0 Å². The summed E-state index contributed by atoms with van der Waals surface area (Å²) in [4.78, 5) is 2.24. The average Bonchev–Trinajstić information content (AvgIpc) is 3.26. The summed E-state index contributed by atoms with van der Waals surface area (Å²) in [5.74, 6) is 2.25. The van der Waals surface area contributed by atoms with Gasteiger partial charge >= 0.3 is 0 Å². The van der Waals surface area contributed by atoms with Gasteiger partial charge in [-0.1, -0.05) is 24.4 Å². The van der Waals surface area contributed by atoms with E-state index >= 15 is 0 Å². The van der Waals surface area contributed by atoms with Crippen molar-refractivity contribution in [3.63, 3.8) is 0 Å². The van der Waals surface area contributed by atoms with Crippen LogP contribution < -0.4 is 19.5 Å². The summed E-state index contributed by atoms with van der Waals surface area (Å²) in [6, 6.07) is 11.7. The van der Waals surface area contributed by atoms with Crippen molar-refractivity contribution in [2.45, 2.75) is 38.3 Å². The highest BCUT2D eigenvalue weighted by Crippen LogP contribution is 2.32. The number of rotatable bonds is 7. The third-order valence-electron chi connectivity index (χ3n) is 5.26. The largest absolute Gasteiger partial charge is 0.497 e. The van der Waals surface area contributed by atoms with Crippen LogP contribution in [0.1, 0.15) is 31.2 Å². The molecule has 0 atom stereocenters. The molecule has 0 heterocycles. The molecule has 0 spiro atoms. The quantitative estimate of drug-likeness (QED) is 0.580. The Labute approximate surface area is 182 Å². The molecule has 0 saturated heterocycles. The lowest BCUT2D eigenvalue weighted by atomic mass is 10.1. The minimum Gasteiger partial charge on any atom is -0.497 e. The molecule has 156 valence electrons. The fourth-order valence-electron chi connectivity index (χ4n) is 3.71. The molecule has 0 amide bonds. The number of hydrogen-bond donors (Lipinski definition) is 1. The van der Waals surface area contributed by atoms with Gasteiger partial charge in [0.2, 0.25) is 0 Å². The van der Waals surface area contributed by atoms with Crippen LogP contribution >= 0.6 is 23.8 Å². The summed E-state index contributed by atoms with van der Waals surface area (Å²) < 4.78 is 16.4. The number of benzene rings is 2. The smallest absolute Gasteiger partial charge is 0.174 e. The molecule has 0 bridgehead atoms. The summed E-state index contributed by atoms with van der Waals surface area (Å²) in [6.07, 6.45) is 4.66. The van der Waals surface area contributed by atoms with Crippen molar-refractivity contribution < 1.29 is 14.2 Å². The van der Waals surface area contributed by atoms with E-state index in [1.807, 2.05) is 30.3 Å². The highest BCUT2D eigenvalue weighted by Gasteiger charge is 2.26. The molecule has 0 aliphatic heterocycles. The topological polar surface area (TPSA) is 43.0 Å². The van der Waals surface area contributed by atoms with E-state index in [0.717, 1.165) is 35.6 Å². The number of anilines is 1. The molecular formula is C22H27ClN2O3S. The zero-order valence-electron chi connectivity index (χ0n) is 17.0. The minimum absolute atomic E-state index is 0.381. The lowest BCUT2D eigenvalue weighted by Crippen LogP contribution is -2.41. The van der Waals surface area contributed by atoms with E-state index in [9.17, 15) is 0 Å². The second-order valence-corrected chi connectivity index (χ2v) is 7.84. The first kappa shape index (κ1) is 21.5. The Morgan fingerprint density at radius 3 is 2.41 bits per heavy atom. The molecule has 2 aromatic rings. The van der Waals surface area contributed by atoms with Crippen LogP contribution in [0.15, 0.2) is 36.4 Å². The Hall–Kier alpha value is -2.18. The van der Waals surface area contributed by atoms with Gasteiger partial charge in [-0.25, -0.2) is 0 Å². The summed E-state index contributed by atoms with van der Waals surface area (Å²) in [6.45, 7) is 0.645. The Morgan fingerprint density at radius 2 is 1.76 bits per heavy atom. The van der Waals surface area contributed by atoms with Crippen LogP contribution in [0.2, 0.25) is 5.02 Å². The normalized spacial score (nSPS) is 13.8. The summed E-state index contributed by atoms with van der Waals surface area (Å²) in [5, 5.41) is 4.62. The number of nitrogens with one attached hydrogen (secondary N) is 1. The molecule has 0 aromatic heterocycles. The maximum atomic E-state index is 6.18. The van der Waals surface area contributed by atoms with Gasteiger partial charge in [0.25, 0.3) is 0 Å². The molecular weight excluding hydrogens is 408 g/mol. The van der Waals surface area contributed by atoms with Crippen LogP contribution in [0.25, 0.3) is 0 Å². The fraction of sp³-hybridized carbons (Fsp3) is 0.409. The maximum absolute atomic E-state index is 6.18. The van der Waals surface area contributed by atoms with Gasteiger partial charge in [0.15, 0.2) is 5.11 Å². The standard InChI is InChI=1S/C22H27ClN2O3S/c1-26-18-10-8-15(21(13-18)28-3)14-25(17-6-4-5-7-17)22(29)24-19-12-16(23)9-11-20(19)27-2/h8-13,17H,4-7,14H2,1-3H3,(H,24,29). The number of halogens is 1. The van der Waals surface area contributed by atoms with E-state index < -0.39 is 0 Å². The van der Waals surface area contributed by atoms with E-state index in [4.69, 9.17) is 38.0 Å². The summed E-state index contributed by atoms with van der Waals surface area (Å²) >= 11 is 12.0. The Bertz CT molecular complexity index is 856. The van der Waals surface area contributed by atoms with E-state index in [2.05, 4.69) is 10.2 Å². The van der Waals surface area contributed by atoms with Crippen molar-refractivity contribution in [1.82, 2.24) is 4.90 Å². The molecule has 5 nitrogen and oxygen atoms in total. The van der Waals surface area contributed by atoms with Crippen LogP contribution in [0.4, 0.5) is 5.69 Å². The minimum atomic E-state index is 0.381. The van der Waals surface area contributed by atoms with E-state index in [-0.39, 0.29) is 0 Å².